The van der Waals surface area contributed by atoms with Crippen LogP contribution in [0.5, 0.6) is 5.75 Å². The maximum absolute atomic E-state index is 13.9. The Balaban J connectivity index is 1.55. The summed E-state index contributed by atoms with van der Waals surface area (Å²) in [4.78, 5) is 55.1. The van der Waals surface area contributed by atoms with Gasteiger partial charge in [0.15, 0.2) is 5.78 Å². The van der Waals surface area contributed by atoms with E-state index in [-0.39, 0.29) is 37.1 Å². The Bertz CT molecular complexity index is 1270. The number of ketones is 1. The molecule has 2 aliphatic carbocycles. The van der Waals surface area contributed by atoms with Crippen LogP contribution in [0.2, 0.25) is 10.0 Å². The molecular weight excluding hydrogens is 651 g/mol. The first-order valence-electron chi connectivity index (χ1n) is 11.7. The number of carbonyl (C=O) groups is 4. The number of hydrazine groups is 1. The van der Waals surface area contributed by atoms with Crippen LogP contribution in [0.15, 0.2) is 42.5 Å². The highest BCUT2D eigenvalue weighted by molar-refractivity contribution is 9.12. The van der Waals surface area contributed by atoms with Gasteiger partial charge in [-0.3, -0.25) is 19.2 Å². The molecule has 7 nitrogen and oxygen atoms in total. The summed E-state index contributed by atoms with van der Waals surface area (Å²) in [5, 5.41) is 2.27. The quantitative estimate of drug-likeness (QED) is 0.233. The minimum Gasteiger partial charge on any atom is -0.497 e. The molecule has 37 heavy (non-hydrogen) atoms. The lowest BCUT2D eigenvalue weighted by Crippen LogP contribution is -2.57. The Hall–Kier alpha value is -1.94. The molecule has 7 atom stereocenters. The van der Waals surface area contributed by atoms with Crippen molar-refractivity contribution in [3.8, 4) is 5.75 Å². The van der Waals surface area contributed by atoms with Gasteiger partial charge >= 0.3 is 0 Å². The first-order chi connectivity index (χ1) is 17.6. The normalized spacial score (nSPS) is 28.9. The molecule has 2 saturated carbocycles. The van der Waals surface area contributed by atoms with Gasteiger partial charge in [0.2, 0.25) is 0 Å². The summed E-state index contributed by atoms with van der Waals surface area (Å²) in [7, 11) is 1.51. The third kappa shape index (κ3) is 4.22. The van der Waals surface area contributed by atoms with Crippen LogP contribution in [0.4, 0.5) is 0 Å². The summed E-state index contributed by atoms with van der Waals surface area (Å²) in [5.41, 5.74) is 0.404. The SMILES string of the molecule is COc1ccc(C(=O)[C@H](C)N(C(=O)c2ccc(Cl)c(Cl)c2)N2C(=O)[C@@H]3[C@H]4C[C@@H]([C@H](Br)[C@@H]4Br)[C@@H]3C2=O)cc1. The van der Waals surface area contributed by atoms with E-state index in [1.165, 1.54) is 32.2 Å². The van der Waals surface area contributed by atoms with Gasteiger partial charge in [0.1, 0.15) is 11.8 Å². The van der Waals surface area contributed by atoms with Gasteiger partial charge in [0.05, 0.1) is 29.0 Å². The molecule has 2 aromatic rings. The maximum atomic E-state index is 13.9. The largest absolute Gasteiger partial charge is 0.497 e. The third-order valence-corrected chi connectivity index (χ3v) is 11.6. The van der Waals surface area contributed by atoms with E-state index < -0.39 is 41.4 Å². The van der Waals surface area contributed by atoms with Crippen LogP contribution in [0.3, 0.4) is 0 Å². The lowest BCUT2D eigenvalue weighted by Gasteiger charge is -2.35. The zero-order valence-corrected chi connectivity index (χ0v) is 24.4. The van der Waals surface area contributed by atoms with Gasteiger partial charge in [-0.2, -0.15) is 5.01 Å². The van der Waals surface area contributed by atoms with Crippen LogP contribution >= 0.6 is 55.1 Å². The summed E-state index contributed by atoms with van der Waals surface area (Å²) >= 11 is 19.6. The van der Waals surface area contributed by atoms with Gasteiger partial charge in [-0.15, -0.1) is 0 Å². The Labute approximate surface area is 240 Å². The fraction of sp³-hybridized carbons (Fsp3) is 0.385. The van der Waals surface area contributed by atoms with Gasteiger partial charge in [0, 0.05) is 20.8 Å². The number of Topliss-reactive ketones (excluding diaryl/α,β-unsaturated/α-hetero) is 1. The first kappa shape index (κ1) is 26.7. The third-order valence-electron chi connectivity index (χ3n) is 7.67. The van der Waals surface area contributed by atoms with Gasteiger partial charge in [-0.25, -0.2) is 5.01 Å². The van der Waals surface area contributed by atoms with Crippen molar-refractivity contribution in [3.63, 3.8) is 0 Å². The van der Waals surface area contributed by atoms with Crippen LogP contribution < -0.4 is 4.74 Å². The second-order valence-corrected chi connectivity index (χ2v) is 12.5. The van der Waals surface area contributed by atoms with Gasteiger partial charge < -0.3 is 4.74 Å². The van der Waals surface area contributed by atoms with E-state index in [4.69, 9.17) is 27.9 Å². The van der Waals surface area contributed by atoms with Crippen LogP contribution in [0, 0.1) is 23.7 Å². The van der Waals surface area contributed by atoms with Crippen LogP contribution in [-0.4, -0.2) is 56.3 Å². The Morgan fingerprint density at radius 2 is 1.49 bits per heavy atom. The van der Waals surface area contributed by atoms with E-state index >= 15 is 0 Å². The predicted octanol–water partition coefficient (Wildman–Crippen LogP) is 5.41. The number of ether oxygens (including phenoxy) is 1. The van der Waals surface area contributed by atoms with Gasteiger partial charge in [-0.1, -0.05) is 55.1 Å². The Morgan fingerprint density at radius 3 is 2.00 bits per heavy atom. The van der Waals surface area contributed by atoms with Crippen LogP contribution in [0.1, 0.15) is 34.1 Å². The number of carbonyl (C=O) groups excluding carboxylic acids is 4. The molecule has 5 rings (SSSR count). The molecular formula is C26H22Br2Cl2N2O5. The smallest absolute Gasteiger partial charge is 0.273 e. The van der Waals surface area contributed by atoms with Crippen molar-refractivity contribution >= 4 is 78.6 Å². The van der Waals surface area contributed by atoms with Crippen molar-refractivity contribution in [2.45, 2.75) is 29.0 Å². The number of hydrogen-bond acceptors (Lipinski definition) is 5. The fourth-order valence-electron chi connectivity index (χ4n) is 5.85. The molecule has 1 saturated heterocycles. The molecule has 3 fully saturated rings. The molecule has 3 amide bonds. The highest BCUT2D eigenvalue weighted by atomic mass is 79.9. The number of halogens is 4. The average molecular weight is 673 g/mol. The van der Waals surface area contributed by atoms with Crippen molar-refractivity contribution in [1.82, 2.24) is 10.0 Å². The van der Waals surface area contributed by atoms with Crippen LogP contribution in [0.25, 0.3) is 0 Å². The lowest BCUT2D eigenvalue weighted by molar-refractivity contribution is -0.157. The van der Waals surface area contributed by atoms with E-state index in [1.54, 1.807) is 24.3 Å². The number of alkyl halides is 2. The summed E-state index contributed by atoms with van der Waals surface area (Å²) in [6.07, 6.45) is 0.744. The zero-order valence-electron chi connectivity index (χ0n) is 19.7. The molecule has 0 spiro atoms. The van der Waals surface area contributed by atoms with Crippen LogP contribution in [-0.2, 0) is 9.59 Å². The number of fused-ring (bicyclic) bond motifs is 5. The number of amides is 3. The summed E-state index contributed by atoms with van der Waals surface area (Å²) in [6, 6.07) is 9.52. The molecule has 0 N–H and O–H groups in total. The number of hydrogen-bond donors (Lipinski definition) is 0. The Morgan fingerprint density at radius 1 is 0.946 bits per heavy atom. The average Bonchev–Trinajstić information content (AvgIpc) is 3.51. The molecule has 2 aromatic carbocycles. The summed E-state index contributed by atoms with van der Waals surface area (Å²) < 4.78 is 5.16. The van der Waals surface area contributed by atoms with E-state index in [0.29, 0.717) is 11.3 Å². The monoisotopic (exact) mass is 670 g/mol. The van der Waals surface area contributed by atoms with E-state index in [1.807, 2.05) is 0 Å². The van der Waals surface area contributed by atoms with Crippen molar-refractivity contribution < 1.29 is 23.9 Å². The maximum Gasteiger partial charge on any atom is 0.273 e. The molecule has 0 unspecified atom stereocenters. The molecule has 194 valence electrons. The number of imide groups is 1. The number of nitrogens with zero attached hydrogens (tertiary/aromatic N) is 2. The van der Waals surface area contributed by atoms with Crippen molar-refractivity contribution in [3.05, 3.63) is 63.6 Å². The lowest BCUT2D eigenvalue weighted by atomic mass is 9.81. The standard InChI is InChI=1S/C26H22Br2Cl2N2O5/c1-11(23(33)12-3-6-14(37-2)7-4-12)31(24(34)13-5-8-17(29)18(30)9-13)32-25(35)19-15-10-16(20(19)26(32)36)22(28)21(15)27/h3-9,11,15-16,19-22H,10H2,1-2H3/t11-,15+,16+,19-,20+,21-,22+/m0/s1. The van der Waals surface area contributed by atoms with E-state index in [0.717, 1.165) is 16.4 Å². The Kier molecular flexibility index (Phi) is 7.19. The predicted molar refractivity (Wildman–Crippen MR) is 145 cm³/mol. The topological polar surface area (TPSA) is 84.0 Å². The van der Waals surface area contributed by atoms with Crippen molar-refractivity contribution in [1.29, 1.82) is 0 Å². The first-order valence-corrected chi connectivity index (χ1v) is 14.3. The second-order valence-electron chi connectivity index (χ2n) is 9.54. The van der Waals surface area contributed by atoms with Crippen molar-refractivity contribution in [2.24, 2.45) is 23.7 Å². The zero-order chi connectivity index (χ0) is 26.8. The van der Waals surface area contributed by atoms with Gasteiger partial charge in [-0.05, 0) is 67.6 Å². The van der Waals surface area contributed by atoms with E-state index in [9.17, 15) is 19.2 Å². The number of benzene rings is 2. The highest BCUT2D eigenvalue weighted by Crippen LogP contribution is 2.60. The molecule has 1 aliphatic heterocycles. The second kappa shape index (κ2) is 9.98. The minimum absolute atomic E-state index is 0.0352. The number of methoxy groups -OCH3 is 1. The molecule has 1 heterocycles. The molecule has 2 bridgehead atoms. The highest BCUT2D eigenvalue weighted by Gasteiger charge is 2.68. The van der Waals surface area contributed by atoms with Gasteiger partial charge in [0.25, 0.3) is 17.7 Å². The van der Waals surface area contributed by atoms with Crippen molar-refractivity contribution in [2.75, 3.05) is 7.11 Å². The summed E-state index contributed by atoms with van der Waals surface area (Å²) in [5.74, 6) is -2.70. The molecule has 0 aromatic heterocycles. The molecule has 3 aliphatic rings. The molecule has 0 radical (unpaired) electrons. The minimum atomic E-state index is -1.17. The molecule has 11 heteroatoms. The van der Waals surface area contributed by atoms with E-state index in [2.05, 4.69) is 31.9 Å². The fourth-order valence-corrected chi connectivity index (χ4v) is 8.03. The summed E-state index contributed by atoms with van der Waals surface area (Å²) in [6.45, 7) is 1.51. The number of rotatable bonds is 6.